The zero-order chi connectivity index (χ0) is 21.0. The van der Waals surface area contributed by atoms with Gasteiger partial charge in [0.1, 0.15) is 11.8 Å². The summed E-state index contributed by atoms with van der Waals surface area (Å²) in [4.78, 5) is 14.3. The van der Waals surface area contributed by atoms with E-state index in [1.54, 1.807) is 48.2 Å². The molecule has 0 N–H and O–H groups in total. The molecule has 0 aliphatic carbocycles. The van der Waals surface area contributed by atoms with Crippen LogP contribution in [0.15, 0.2) is 47.4 Å². The number of para-hydroxylation sites is 1. The molecule has 2 aromatic carbocycles. The summed E-state index contributed by atoms with van der Waals surface area (Å²) in [6, 6.07) is 14.1. The van der Waals surface area contributed by atoms with E-state index in [-0.39, 0.29) is 25.6 Å². The highest BCUT2D eigenvalue weighted by molar-refractivity contribution is 7.89. The molecular weight excluding hydrogens is 390 g/mol. The van der Waals surface area contributed by atoms with Gasteiger partial charge in [0.05, 0.1) is 10.5 Å². The van der Waals surface area contributed by atoms with Crippen LogP contribution in [0.2, 0.25) is 0 Å². The highest BCUT2D eigenvalue weighted by Crippen LogP contribution is 2.22. The first-order chi connectivity index (χ1) is 13.8. The largest absolute Gasteiger partial charge is 0.482 e. The molecule has 1 heterocycles. The Hall–Kier alpha value is -2.89. The van der Waals surface area contributed by atoms with E-state index in [9.17, 15) is 13.2 Å². The number of nitriles is 1. The molecule has 2 aromatic rings. The smallest absolute Gasteiger partial charge is 0.260 e. The minimum atomic E-state index is -3.60. The van der Waals surface area contributed by atoms with Crippen molar-refractivity contribution in [1.82, 2.24) is 9.21 Å². The van der Waals surface area contributed by atoms with E-state index < -0.39 is 10.0 Å². The van der Waals surface area contributed by atoms with Gasteiger partial charge in [-0.1, -0.05) is 24.3 Å². The van der Waals surface area contributed by atoms with Gasteiger partial charge in [-0.05, 0) is 43.2 Å². The molecule has 1 saturated heterocycles. The maximum absolute atomic E-state index is 13.0. The first-order valence-electron chi connectivity index (χ1n) is 9.30. The maximum Gasteiger partial charge on any atom is 0.260 e. The van der Waals surface area contributed by atoms with Crippen molar-refractivity contribution in [2.24, 2.45) is 0 Å². The molecule has 1 fully saturated rings. The van der Waals surface area contributed by atoms with Crippen LogP contribution >= 0.6 is 0 Å². The van der Waals surface area contributed by atoms with Gasteiger partial charge in [-0.15, -0.1) is 0 Å². The Morgan fingerprint density at radius 3 is 2.48 bits per heavy atom. The number of carbonyl (C=O) groups is 1. The number of hydrogen-bond acceptors (Lipinski definition) is 5. The molecule has 0 aromatic heterocycles. The normalized spacial score (nSPS) is 15.0. The number of amides is 1. The first-order valence-corrected chi connectivity index (χ1v) is 10.7. The second kappa shape index (κ2) is 8.64. The second-order valence-electron chi connectivity index (χ2n) is 6.95. The summed E-state index contributed by atoms with van der Waals surface area (Å²) in [7, 11) is -3.60. The number of carbonyl (C=O) groups excluding carboxylic acids is 1. The molecule has 152 valence electrons. The number of hydrogen-bond donors (Lipinski definition) is 0. The summed E-state index contributed by atoms with van der Waals surface area (Å²) >= 11 is 0. The molecule has 1 aliphatic rings. The number of sulfonamides is 1. The van der Waals surface area contributed by atoms with Crippen molar-refractivity contribution in [3.05, 3.63) is 59.2 Å². The Morgan fingerprint density at radius 1 is 1.10 bits per heavy atom. The Kier molecular flexibility index (Phi) is 6.20. The second-order valence-corrected chi connectivity index (χ2v) is 8.86. The molecular formula is C21H23N3O4S. The molecule has 29 heavy (non-hydrogen) atoms. The molecule has 8 heteroatoms. The lowest BCUT2D eigenvalue weighted by atomic mass is 10.2. The van der Waals surface area contributed by atoms with Crippen molar-refractivity contribution in [2.75, 3.05) is 32.8 Å². The van der Waals surface area contributed by atoms with Crippen LogP contribution < -0.4 is 4.74 Å². The molecule has 3 rings (SSSR count). The van der Waals surface area contributed by atoms with E-state index in [0.717, 1.165) is 5.56 Å². The van der Waals surface area contributed by atoms with Crippen LogP contribution in [0.4, 0.5) is 0 Å². The quantitative estimate of drug-likeness (QED) is 0.749. The molecule has 1 amide bonds. The molecule has 1 aliphatic heterocycles. The zero-order valence-electron chi connectivity index (χ0n) is 16.5. The van der Waals surface area contributed by atoms with Gasteiger partial charge in [0.2, 0.25) is 10.0 Å². The monoisotopic (exact) mass is 413 g/mol. The molecule has 0 saturated carbocycles. The predicted octanol–water partition coefficient (Wildman–Crippen LogP) is 2.09. The number of piperazine rings is 1. The molecule has 0 atom stereocenters. The van der Waals surface area contributed by atoms with Crippen molar-refractivity contribution in [3.8, 4) is 11.8 Å². The van der Waals surface area contributed by atoms with Crippen LogP contribution in [-0.4, -0.2) is 56.3 Å². The van der Waals surface area contributed by atoms with Gasteiger partial charge in [0.15, 0.2) is 6.61 Å². The van der Waals surface area contributed by atoms with Crippen LogP contribution in [0.1, 0.15) is 16.7 Å². The summed E-state index contributed by atoms with van der Waals surface area (Å²) in [6.07, 6.45) is 0. The van der Waals surface area contributed by atoms with Crippen molar-refractivity contribution >= 4 is 15.9 Å². The van der Waals surface area contributed by atoms with Crippen LogP contribution in [0.5, 0.6) is 5.75 Å². The van der Waals surface area contributed by atoms with Crippen molar-refractivity contribution in [2.45, 2.75) is 18.7 Å². The van der Waals surface area contributed by atoms with Gasteiger partial charge in [-0.25, -0.2) is 8.42 Å². The van der Waals surface area contributed by atoms with Gasteiger partial charge in [-0.2, -0.15) is 9.57 Å². The Balaban J connectivity index is 1.60. The number of aryl methyl sites for hydroxylation is 2. The molecule has 7 nitrogen and oxygen atoms in total. The van der Waals surface area contributed by atoms with Crippen LogP contribution in [-0.2, 0) is 14.8 Å². The van der Waals surface area contributed by atoms with Gasteiger partial charge in [-0.3, -0.25) is 4.79 Å². The Morgan fingerprint density at radius 2 is 1.79 bits per heavy atom. The van der Waals surface area contributed by atoms with Crippen molar-refractivity contribution in [1.29, 1.82) is 5.26 Å². The third-order valence-electron chi connectivity index (χ3n) is 4.91. The lowest BCUT2D eigenvalue weighted by molar-refractivity contribution is -0.134. The average molecular weight is 413 g/mol. The lowest BCUT2D eigenvalue weighted by Gasteiger charge is -2.34. The highest BCUT2D eigenvalue weighted by Gasteiger charge is 2.31. The average Bonchev–Trinajstić information content (AvgIpc) is 2.73. The van der Waals surface area contributed by atoms with E-state index >= 15 is 0 Å². The van der Waals surface area contributed by atoms with Gasteiger partial charge in [0.25, 0.3) is 5.91 Å². The topological polar surface area (TPSA) is 90.7 Å². The molecule has 0 unspecified atom stereocenters. The highest BCUT2D eigenvalue weighted by atomic mass is 32.2. The lowest BCUT2D eigenvalue weighted by Crippen LogP contribution is -2.51. The molecule has 0 radical (unpaired) electrons. The summed E-state index contributed by atoms with van der Waals surface area (Å²) in [5.74, 6) is 0.126. The van der Waals surface area contributed by atoms with E-state index in [1.807, 2.05) is 19.1 Å². The minimum Gasteiger partial charge on any atom is -0.482 e. The number of benzene rings is 2. The van der Waals surface area contributed by atoms with Crippen LogP contribution in [0.25, 0.3) is 0 Å². The van der Waals surface area contributed by atoms with E-state index in [1.165, 1.54) is 4.31 Å². The fourth-order valence-electron chi connectivity index (χ4n) is 3.22. The Labute approximate surface area is 171 Å². The van der Waals surface area contributed by atoms with Gasteiger partial charge < -0.3 is 9.64 Å². The van der Waals surface area contributed by atoms with Crippen molar-refractivity contribution < 1.29 is 17.9 Å². The number of ether oxygens (including phenoxy) is 1. The number of nitrogens with zero attached hydrogens (tertiary/aromatic N) is 3. The third-order valence-corrected chi connectivity index (χ3v) is 6.95. The van der Waals surface area contributed by atoms with Gasteiger partial charge in [0, 0.05) is 26.2 Å². The summed E-state index contributed by atoms with van der Waals surface area (Å²) < 4.78 is 32.9. The standard InChI is InChI=1S/C21H23N3O4S/c1-16-7-8-17(2)20(13-16)29(26,27)24-11-9-23(10-12-24)21(25)15-28-19-6-4-3-5-18(19)14-22/h3-8,13H,9-12,15H2,1-2H3. The maximum atomic E-state index is 13.0. The zero-order valence-corrected chi connectivity index (χ0v) is 17.3. The van der Waals surface area contributed by atoms with Crippen LogP contribution in [0, 0.1) is 25.2 Å². The Bertz CT molecular complexity index is 1050. The van der Waals surface area contributed by atoms with E-state index in [2.05, 4.69) is 0 Å². The third kappa shape index (κ3) is 4.58. The van der Waals surface area contributed by atoms with E-state index in [4.69, 9.17) is 10.00 Å². The minimum absolute atomic E-state index is 0.192. The van der Waals surface area contributed by atoms with Gasteiger partial charge >= 0.3 is 0 Å². The summed E-state index contributed by atoms with van der Waals surface area (Å²) in [5, 5.41) is 9.08. The summed E-state index contributed by atoms with van der Waals surface area (Å²) in [5.41, 5.74) is 1.96. The fourth-order valence-corrected chi connectivity index (χ4v) is 4.95. The van der Waals surface area contributed by atoms with Crippen molar-refractivity contribution in [3.63, 3.8) is 0 Å². The SMILES string of the molecule is Cc1ccc(C)c(S(=O)(=O)N2CCN(C(=O)COc3ccccc3C#N)CC2)c1. The predicted molar refractivity (Wildman–Crippen MR) is 108 cm³/mol. The number of rotatable bonds is 5. The fraction of sp³-hybridized carbons (Fsp3) is 0.333. The molecule has 0 spiro atoms. The summed E-state index contributed by atoms with van der Waals surface area (Å²) in [6.45, 7) is 4.51. The van der Waals surface area contributed by atoms with E-state index in [0.29, 0.717) is 34.9 Å². The first kappa shape index (κ1) is 20.8. The molecule has 0 bridgehead atoms. The van der Waals surface area contributed by atoms with Crippen LogP contribution in [0.3, 0.4) is 0 Å².